The molecule has 0 atom stereocenters. The van der Waals surface area contributed by atoms with Gasteiger partial charge < -0.3 is 10.1 Å². The van der Waals surface area contributed by atoms with Crippen molar-refractivity contribution in [2.24, 2.45) is 5.92 Å². The Morgan fingerprint density at radius 2 is 1.61 bits per heavy atom. The number of carbonyl (C=O) groups excluding carboxylic acids is 2. The van der Waals surface area contributed by atoms with Gasteiger partial charge in [-0.25, -0.2) is 0 Å². The Balaban J connectivity index is 1.85. The molecule has 5 nitrogen and oxygen atoms in total. The molecule has 2 aliphatic rings. The summed E-state index contributed by atoms with van der Waals surface area (Å²) in [6.45, 7) is 4.03. The van der Waals surface area contributed by atoms with Crippen LogP contribution in [0.15, 0.2) is 0 Å². The summed E-state index contributed by atoms with van der Waals surface area (Å²) in [6.07, 6.45) is 8.24. The monoisotopic (exact) mass is 324 g/mol. The van der Waals surface area contributed by atoms with Crippen molar-refractivity contribution in [3.8, 4) is 0 Å². The van der Waals surface area contributed by atoms with E-state index >= 15 is 0 Å². The Kier molecular flexibility index (Phi) is 6.06. The second-order valence-electron chi connectivity index (χ2n) is 7.65. The number of ether oxygens (including phenoxy) is 1. The van der Waals surface area contributed by atoms with Crippen LogP contribution < -0.4 is 5.32 Å². The number of esters is 1. The van der Waals surface area contributed by atoms with Crippen molar-refractivity contribution >= 4 is 11.9 Å². The van der Waals surface area contributed by atoms with E-state index < -0.39 is 5.54 Å². The fourth-order valence-electron chi connectivity index (χ4n) is 3.91. The van der Waals surface area contributed by atoms with Crippen LogP contribution in [0.2, 0.25) is 0 Å². The average molecular weight is 324 g/mol. The van der Waals surface area contributed by atoms with Crippen LogP contribution in [0.5, 0.6) is 0 Å². The molecule has 2 saturated carbocycles. The van der Waals surface area contributed by atoms with Crippen LogP contribution in [0.1, 0.15) is 65.2 Å². The zero-order valence-corrected chi connectivity index (χ0v) is 15.1. The van der Waals surface area contributed by atoms with Crippen molar-refractivity contribution in [1.82, 2.24) is 10.2 Å². The van der Waals surface area contributed by atoms with E-state index in [1.807, 2.05) is 13.8 Å². The van der Waals surface area contributed by atoms with Gasteiger partial charge in [-0.1, -0.05) is 12.8 Å². The minimum absolute atomic E-state index is 0.00215. The number of methoxy groups -OCH3 is 1. The average Bonchev–Trinajstić information content (AvgIpc) is 3.08. The quantitative estimate of drug-likeness (QED) is 0.789. The lowest BCUT2D eigenvalue weighted by Crippen LogP contribution is -2.58. The Hall–Kier alpha value is -1.10. The van der Waals surface area contributed by atoms with Gasteiger partial charge in [0.15, 0.2) is 0 Å². The van der Waals surface area contributed by atoms with Crippen molar-refractivity contribution in [1.29, 1.82) is 0 Å². The minimum Gasteiger partial charge on any atom is -0.469 e. The highest BCUT2D eigenvalue weighted by molar-refractivity contribution is 5.85. The molecule has 132 valence electrons. The second kappa shape index (κ2) is 7.65. The van der Waals surface area contributed by atoms with E-state index in [1.165, 1.54) is 32.8 Å². The predicted octanol–water partition coefficient (Wildman–Crippen LogP) is 2.49. The van der Waals surface area contributed by atoms with Crippen molar-refractivity contribution in [3.63, 3.8) is 0 Å². The molecule has 1 N–H and O–H groups in total. The van der Waals surface area contributed by atoms with Gasteiger partial charge in [0.1, 0.15) is 0 Å². The summed E-state index contributed by atoms with van der Waals surface area (Å²) in [4.78, 5) is 26.6. The largest absolute Gasteiger partial charge is 0.469 e. The molecule has 0 radical (unpaired) electrons. The fraction of sp³-hybridized carbons (Fsp3) is 0.889. The summed E-state index contributed by atoms with van der Waals surface area (Å²) in [5.41, 5.74) is -0.492. The molecule has 0 bridgehead atoms. The third kappa shape index (κ3) is 4.25. The first-order chi connectivity index (χ1) is 10.9. The summed E-state index contributed by atoms with van der Waals surface area (Å²) < 4.78 is 4.82. The number of hydrogen-bond donors (Lipinski definition) is 1. The Morgan fingerprint density at radius 1 is 1.04 bits per heavy atom. The summed E-state index contributed by atoms with van der Waals surface area (Å²) in [5, 5.41) is 3.21. The summed E-state index contributed by atoms with van der Waals surface area (Å²) in [5.74, 6) is -0.00758. The van der Waals surface area contributed by atoms with E-state index in [0.29, 0.717) is 6.04 Å². The Bertz CT molecular complexity index is 422. The van der Waals surface area contributed by atoms with Crippen LogP contribution in [0.3, 0.4) is 0 Å². The van der Waals surface area contributed by atoms with Crippen LogP contribution in [-0.4, -0.2) is 48.6 Å². The molecule has 2 aliphatic carbocycles. The molecule has 0 saturated heterocycles. The number of amides is 1. The van der Waals surface area contributed by atoms with Crippen LogP contribution in [-0.2, 0) is 14.3 Å². The lowest BCUT2D eigenvalue weighted by Gasteiger charge is -2.40. The molecule has 2 rings (SSSR count). The van der Waals surface area contributed by atoms with Gasteiger partial charge in [-0.05, 0) is 59.4 Å². The normalized spacial score (nSPS) is 26.3. The topological polar surface area (TPSA) is 58.6 Å². The van der Waals surface area contributed by atoms with E-state index in [4.69, 9.17) is 4.74 Å². The number of rotatable bonds is 5. The minimum atomic E-state index is -0.492. The lowest BCUT2D eigenvalue weighted by molar-refractivity contribution is -0.146. The maximum Gasteiger partial charge on any atom is 0.308 e. The summed E-state index contributed by atoms with van der Waals surface area (Å²) >= 11 is 0. The third-order valence-electron chi connectivity index (χ3n) is 5.91. The van der Waals surface area contributed by atoms with Gasteiger partial charge >= 0.3 is 5.97 Å². The maximum absolute atomic E-state index is 12.8. The van der Waals surface area contributed by atoms with Crippen molar-refractivity contribution in [2.45, 2.75) is 82.8 Å². The molecule has 1 amide bonds. The zero-order chi connectivity index (χ0) is 17.0. The molecule has 23 heavy (non-hydrogen) atoms. The number of nitrogens with one attached hydrogen (secondary N) is 1. The smallest absolute Gasteiger partial charge is 0.308 e. The lowest BCUT2D eigenvalue weighted by atomic mass is 9.85. The van der Waals surface area contributed by atoms with Gasteiger partial charge in [-0.2, -0.15) is 0 Å². The molecule has 0 unspecified atom stereocenters. The molecule has 2 fully saturated rings. The van der Waals surface area contributed by atoms with E-state index in [9.17, 15) is 9.59 Å². The molecule has 0 aromatic heterocycles. The molecule has 5 heteroatoms. The predicted molar refractivity (Wildman–Crippen MR) is 90.0 cm³/mol. The SMILES string of the molecule is COC(=O)C1CCC(NC(=O)C(C)(C)N(C)C2CCCC2)CC1. The number of carbonyl (C=O) groups is 2. The Labute approximate surface area is 140 Å². The van der Waals surface area contributed by atoms with Gasteiger partial charge in [-0.15, -0.1) is 0 Å². The first-order valence-corrected chi connectivity index (χ1v) is 8.98. The van der Waals surface area contributed by atoms with Crippen LogP contribution in [0.4, 0.5) is 0 Å². The van der Waals surface area contributed by atoms with Crippen LogP contribution in [0, 0.1) is 5.92 Å². The fourth-order valence-corrected chi connectivity index (χ4v) is 3.91. The first-order valence-electron chi connectivity index (χ1n) is 8.98. The van der Waals surface area contributed by atoms with E-state index in [2.05, 4.69) is 17.3 Å². The van der Waals surface area contributed by atoms with E-state index in [0.717, 1.165) is 25.7 Å². The third-order valence-corrected chi connectivity index (χ3v) is 5.91. The van der Waals surface area contributed by atoms with Gasteiger partial charge in [0.2, 0.25) is 5.91 Å². The van der Waals surface area contributed by atoms with E-state index in [1.54, 1.807) is 0 Å². The van der Waals surface area contributed by atoms with E-state index in [-0.39, 0.29) is 23.8 Å². The highest BCUT2D eigenvalue weighted by Gasteiger charge is 2.38. The molecule has 0 aromatic carbocycles. The highest BCUT2D eigenvalue weighted by Crippen LogP contribution is 2.29. The van der Waals surface area contributed by atoms with Crippen molar-refractivity contribution in [3.05, 3.63) is 0 Å². The van der Waals surface area contributed by atoms with Gasteiger partial charge in [0.25, 0.3) is 0 Å². The number of likely N-dealkylation sites (N-methyl/N-ethyl adjacent to an activating group) is 1. The number of nitrogens with zero attached hydrogens (tertiary/aromatic N) is 1. The highest BCUT2D eigenvalue weighted by atomic mass is 16.5. The van der Waals surface area contributed by atoms with Crippen molar-refractivity contribution < 1.29 is 14.3 Å². The first kappa shape index (κ1) is 18.2. The molecule has 0 heterocycles. The maximum atomic E-state index is 12.8. The van der Waals surface area contributed by atoms with Gasteiger partial charge in [-0.3, -0.25) is 14.5 Å². The second-order valence-corrected chi connectivity index (χ2v) is 7.65. The summed E-state index contributed by atoms with van der Waals surface area (Å²) in [7, 11) is 3.52. The molecular formula is C18H32N2O3. The van der Waals surface area contributed by atoms with Gasteiger partial charge in [0.05, 0.1) is 18.6 Å². The zero-order valence-electron chi connectivity index (χ0n) is 15.1. The molecule has 0 aromatic rings. The molecule has 0 spiro atoms. The van der Waals surface area contributed by atoms with Gasteiger partial charge in [0, 0.05) is 12.1 Å². The van der Waals surface area contributed by atoms with Crippen LogP contribution in [0.25, 0.3) is 0 Å². The van der Waals surface area contributed by atoms with Crippen LogP contribution >= 0.6 is 0 Å². The van der Waals surface area contributed by atoms with Crippen molar-refractivity contribution in [2.75, 3.05) is 14.2 Å². The molecule has 0 aliphatic heterocycles. The summed E-state index contributed by atoms with van der Waals surface area (Å²) in [6, 6.07) is 0.700. The number of hydrogen-bond acceptors (Lipinski definition) is 4. The Morgan fingerprint density at radius 3 is 2.13 bits per heavy atom. The standard InChI is InChI=1S/C18H32N2O3/c1-18(2,20(3)15-7-5-6-8-15)17(22)19-14-11-9-13(10-12-14)16(21)23-4/h13-15H,5-12H2,1-4H3,(H,19,22). The molecular weight excluding hydrogens is 292 g/mol.